The fourth-order valence-electron chi connectivity index (χ4n) is 6.66. The molecule has 2 atom stereocenters. The minimum absolute atomic E-state index is 0.0672. The zero-order valence-electron chi connectivity index (χ0n) is 32.6. The lowest BCUT2D eigenvalue weighted by atomic mass is 9.74. The minimum atomic E-state index is -1.22. The third-order valence-corrected chi connectivity index (χ3v) is 9.62. The van der Waals surface area contributed by atoms with E-state index in [0.29, 0.717) is 29.0 Å². The van der Waals surface area contributed by atoms with Crippen LogP contribution in [0.3, 0.4) is 0 Å². The van der Waals surface area contributed by atoms with Crippen LogP contribution in [-0.2, 0) is 12.8 Å². The molecule has 4 rings (SSSR count). The number of Topliss-reactive ketones (excluding diaryl/α,β-unsaturated/α-hetero) is 2. The monoisotopic (exact) mass is 762 g/mol. The lowest BCUT2D eigenvalue weighted by molar-refractivity contribution is 0.0870. The largest absolute Gasteiger partial charge is 0.507 e. The molecule has 55 heavy (non-hydrogen) atoms. The summed E-state index contributed by atoms with van der Waals surface area (Å²) in [4.78, 5) is 29.5. The molecule has 13 heteroatoms. The Morgan fingerprint density at radius 3 is 1.69 bits per heavy atom. The number of carbonyl (C=O) groups is 2. The maximum absolute atomic E-state index is 15.2. The van der Waals surface area contributed by atoms with E-state index in [4.69, 9.17) is 33.2 Å². The van der Waals surface area contributed by atoms with E-state index in [0.717, 1.165) is 6.07 Å². The van der Waals surface area contributed by atoms with Gasteiger partial charge in [-0.05, 0) is 78.8 Å². The van der Waals surface area contributed by atoms with Crippen LogP contribution in [-0.4, -0.2) is 81.8 Å². The second kappa shape index (κ2) is 18.4. The second-order valence-electron chi connectivity index (χ2n) is 13.3. The number of ether oxygens (including phenoxy) is 7. The highest BCUT2D eigenvalue weighted by Crippen LogP contribution is 2.47. The van der Waals surface area contributed by atoms with E-state index in [1.165, 1.54) is 61.9 Å². The second-order valence-corrected chi connectivity index (χ2v) is 13.3. The van der Waals surface area contributed by atoms with Gasteiger partial charge in [0, 0.05) is 35.4 Å². The summed E-state index contributed by atoms with van der Waals surface area (Å²) in [6, 6.07) is 12.1. The Kier molecular flexibility index (Phi) is 14.0. The number of rotatable bonds is 19. The fraction of sp³-hybridized carbons (Fsp3) is 0.381. The highest BCUT2D eigenvalue weighted by Gasteiger charge is 2.37. The number of aromatic hydroxyl groups is 4. The molecular weight excluding hydrogens is 712 g/mol. The molecule has 0 amide bonds. The Morgan fingerprint density at radius 1 is 0.618 bits per heavy atom. The van der Waals surface area contributed by atoms with Crippen LogP contribution in [0.25, 0.3) is 0 Å². The molecular formula is C42H50O13. The lowest BCUT2D eigenvalue weighted by Gasteiger charge is -2.29. The minimum Gasteiger partial charge on any atom is -0.507 e. The number of phenolic OH excluding ortho intramolecular Hbond substituents is 4. The normalized spacial score (nSPS) is 12.1. The summed E-state index contributed by atoms with van der Waals surface area (Å²) in [5.41, 5.74) is 0.832. The van der Waals surface area contributed by atoms with E-state index >= 15 is 4.79 Å². The average Bonchev–Trinajstić information content (AvgIpc) is 3.17. The molecule has 0 aromatic heterocycles. The Balaban J connectivity index is 2.05. The van der Waals surface area contributed by atoms with E-state index in [1.807, 2.05) is 13.8 Å². The van der Waals surface area contributed by atoms with Crippen LogP contribution in [0.2, 0.25) is 0 Å². The molecule has 0 radical (unpaired) electrons. The van der Waals surface area contributed by atoms with E-state index in [2.05, 4.69) is 0 Å². The third kappa shape index (κ3) is 9.05. The molecule has 0 heterocycles. The number of benzene rings is 4. The van der Waals surface area contributed by atoms with E-state index in [1.54, 1.807) is 30.3 Å². The van der Waals surface area contributed by atoms with Crippen molar-refractivity contribution in [2.24, 2.45) is 11.8 Å². The maximum Gasteiger partial charge on any atom is 0.203 e. The van der Waals surface area contributed by atoms with Crippen molar-refractivity contribution < 1.29 is 63.2 Å². The summed E-state index contributed by atoms with van der Waals surface area (Å²) < 4.78 is 38.6. The molecule has 0 fully saturated rings. The molecule has 4 aromatic carbocycles. The van der Waals surface area contributed by atoms with Gasteiger partial charge < -0.3 is 53.6 Å². The Hall–Kier alpha value is -5.98. The number of phenols is 4. The third-order valence-electron chi connectivity index (χ3n) is 9.62. The van der Waals surface area contributed by atoms with Gasteiger partial charge in [0.2, 0.25) is 11.5 Å². The molecule has 0 bridgehead atoms. The SMILES string of the molecule is COc1ccc(C(=O)CC(c2cc(OC)c(OC)c(OC)c2)C(Cc2cc(OC)c(O)c(OC)c2)C(=O)c2c(O)cc(O)c(CCC(C)C)c2O)cc1OC. The Bertz CT molecular complexity index is 1950. The molecule has 4 N–H and O–H groups in total. The molecule has 0 aliphatic carbocycles. The first-order valence-corrected chi connectivity index (χ1v) is 17.6. The molecule has 4 aromatic rings. The van der Waals surface area contributed by atoms with Gasteiger partial charge in [-0.1, -0.05) is 13.8 Å². The van der Waals surface area contributed by atoms with Crippen molar-refractivity contribution in [1.29, 1.82) is 0 Å². The van der Waals surface area contributed by atoms with Crippen LogP contribution >= 0.6 is 0 Å². The van der Waals surface area contributed by atoms with Gasteiger partial charge in [0.05, 0.1) is 49.8 Å². The van der Waals surface area contributed by atoms with Crippen molar-refractivity contribution in [3.05, 3.63) is 76.3 Å². The highest BCUT2D eigenvalue weighted by molar-refractivity contribution is 6.05. The van der Waals surface area contributed by atoms with Gasteiger partial charge in [0.25, 0.3) is 0 Å². The molecule has 0 saturated heterocycles. The summed E-state index contributed by atoms with van der Waals surface area (Å²) in [5, 5.41) is 44.4. The molecule has 0 spiro atoms. The summed E-state index contributed by atoms with van der Waals surface area (Å²) in [6.07, 6.45) is 0.398. The van der Waals surface area contributed by atoms with Gasteiger partial charge in [0.1, 0.15) is 22.8 Å². The first-order valence-electron chi connectivity index (χ1n) is 17.6. The lowest BCUT2D eigenvalue weighted by Crippen LogP contribution is -2.27. The Labute approximate surface area is 320 Å². The van der Waals surface area contributed by atoms with Crippen molar-refractivity contribution in [2.45, 2.75) is 45.4 Å². The Morgan fingerprint density at radius 2 is 1.18 bits per heavy atom. The van der Waals surface area contributed by atoms with Crippen LogP contribution in [0.4, 0.5) is 0 Å². The molecule has 13 nitrogen and oxygen atoms in total. The van der Waals surface area contributed by atoms with Gasteiger partial charge in [-0.25, -0.2) is 0 Å². The van der Waals surface area contributed by atoms with Crippen molar-refractivity contribution in [1.82, 2.24) is 0 Å². The number of carbonyl (C=O) groups excluding carboxylic acids is 2. The molecule has 0 aliphatic heterocycles. The van der Waals surface area contributed by atoms with Crippen molar-refractivity contribution in [2.75, 3.05) is 49.8 Å². The smallest absolute Gasteiger partial charge is 0.203 e. The van der Waals surface area contributed by atoms with E-state index in [-0.39, 0.29) is 82.3 Å². The zero-order chi connectivity index (χ0) is 40.6. The first-order chi connectivity index (χ1) is 26.3. The van der Waals surface area contributed by atoms with Crippen LogP contribution in [0.15, 0.2) is 48.5 Å². The van der Waals surface area contributed by atoms with Gasteiger partial charge in [0.15, 0.2) is 46.1 Å². The van der Waals surface area contributed by atoms with Crippen LogP contribution in [0.1, 0.15) is 70.0 Å². The van der Waals surface area contributed by atoms with Gasteiger partial charge in [-0.2, -0.15) is 0 Å². The number of hydrogen-bond acceptors (Lipinski definition) is 13. The number of methoxy groups -OCH3 is 7. The predicted molar refractivity (Wildman–Crippen MR) is 205 cm³/mol. The van der Waals surface area contributed by atoms with Crippen molar-refractivity contribution in [3.63, 3.8) is 0 Å². The summed E-state index contributed by atoms with van der Waals surface area (Å²) in [5.74, 6) is -3.30. The van der Waals surface area contributed by atoms with Crippen LogP contribution < -0.4 is 33.2 Å². The fourth-order valence-corrected chi connectivity index (χ4v) is 6.66. The molecule has 0 aliphatic rings. The van der Waals surface area contributed by atoms with Gasteiger partial charge in [-0.3, -0.25) is 9.59 Å². The maximum atomic E-state index is 15.2. The summed E-state index contributed by atoms with van der Waals surface area (Å²) >= 11 is 0. The summed E-state index contributed by atoms with van der Waals surface area (Å²) in [7, 11) is 9.99. The quantitative estimate of drug-likeness (QED) is 0.0702. The zero-order valence-corrected chi connectivity index (χ0v) is 32.6. The first kappa shape index (κ1) is 41.8. The van der Waals surface area contributed by atoms with Crippen molar-refractivity contribution >= 4 is 11.6 Å². The number of hydrogen-bond donors (Lipinski definition) is 4. The van der Waals surface area contributed by atoms with E-state index in [9.17, 15) is 25.2 Å². The molecule has 296 valence electrons. The standard InChI is InChI=1S/C42H50O13/c1-22(2)10-12-26-30(44)21-31(45)38(39(26)46)40(47)28(14-23-15-34(51-5)41(48)35(16-23)52-6)27(25-18-36(53-7)42(55-9)37(19-25)54-8)20-29(43)24-11-13-32(49-3)33(17-24)50-4/h11,13,15-19,21-22,27-28,44-46,48H,10,12,14,20H2,1-9H3. The average molecular weight is 763 g/mol. The number of ketones is 2. The topological polar surface area (TPSA) is 180 Å². The van der Waals surface area contributed by atoms with Gasteiger partial charge >= 0.3 is 0 Å². The van der Waals surface area contributed by atoms with E-state index < -0.39 is 34.7 Å². The highest BCUT2D eigenvalue weighted by atomic mass is 16.5. The van der Waals surface area contributed by atoms with Crippen LogP contribution in [0.5, 0.6) is 63.2 Å². The predicted octanol–water partition coefficient (Wildman–Crippen LogP) is 7.26. The molecule has 0 saturated carbocycles. The molecule has 2 unspecified atom stereocenters. The summed E-state index contributed by atoms with van der Waals surface area (Å²) in [6.45, 7) is 3.96. The van der Waals surface area contributed by atoms with Crippen molar-refractivity contribution in [3.8, 4) is 63.2 Å². The van der Waals surface area contributed by atoms with Gasteiger partial charge in [-0.15, -0.1) is 0 Å². The van der Waals surface area contributed by atoms with Crippen LogP contribution in [0, 0.1) is 11.8 Å².